The molecule has 0 aromatic heterocycles. The number of hydrogen-bond acceptors (Lipinski definition) is 2. The van der Waals surface area contributed by atoms with Gasteiger partial charge in [0.05, 0.1) is 0 Å². The Morgan fingerprint density at radius 1 is 1.41 bits per heavy atom. The van der Waals surface area contributed by atoms with Gasteiger partial charge < -0.3 is 10.0 Å². The van der Waals surface area contributed by atoms with Crippen molar-refractivity contribution in [3.05, 3.63) is 34.3 Å². The molecule has 1 atom stereocenters. The van der Waals surface area contributed by atoms with Gasteiger partial charge in [-0.2, -0.15) is 0 Å². The van der Waals surface area contributed by atoms with Gasteiger partial charge in [0, 0.05) is 36.5 Å². The molecular formula is C13H16BrNO2. The summed E-state index contributed by atoms with van der Waals surface area (Å²) in [5, 5.41) is 9.04. The summed E-state index contributed by atoms with van der Waals surface area (Å²) in [7, 11) is 0. The van der Waals surface area contributed by atoms with Crippen LogP contribution in [0.15, 0.2) is 28.7 Å². The molecule has 17 heavy (non-hydrogen) atoms. The number of likely N-dealkylation sites (tertiary alicyclic amines) is 1. The lowest BCUT2D eigenvalue weighted by Gasteiger charge is -2.16. The number of carbonyl (C=O) groups excluding carboxylic acids is 1. The number of rotatable bonds is 4. The Kier molecular flexibility index (Phi) is 4.18. The van der Waals surface area contributed by atoms with Crippen molar-refractivity contribution in [2.24, 2.45) is 5.92 Å². The van der Waals surface area contributed by atoms with Crippen LogP contribution in [0, 0.1) is 5.92 Å². The maximum atomic E-state index is 11.7. The van der Waals surface area contributed by atoms with Crippen molar-refractivity contribution < 1.29 is 9.90 Å². The molecule has 0 saturated carbocycles. The van der Waals surface area contributed by atoms with E-state index < -0.39 is 0 Å². The van der Waals surface area contributed by atoms with Crippen molar-refractivity contribution in [1.29, 1.82) is 0 Å². The van der Waals surface area contributed by atoms with Gasteiger partial charge in [-0.25, -0.2) is 0 Å². The molecule has 1 aromatic carbocycles. The summed E-state index contributed by atoms with van der Waals surface area (Å²) >= 11 is 3.50. The lowest BCUT2D eigenvalue weighted by atomic mass is 10.1. The van der Waals surface area contributed by atoms with Crippen molar-refractivity contribution in [1.82, 2.24) is 4.90 Å². The molecule has 4 heteroatoms. The van der Waals surface area contributed by atoms with Crippen LogP contribution in [0.2, 0.25) is 0 Å². The average Bonchev–Trinajstić information content (AvgIpc) is 2.69. The fraction of sp³-hybridized carbons (Fsp3) is 0.462. The number of halogens is 1. The van der Waals surface area contributed by atoms with Crippen LogP contribution in [0.5, 0.6) is 0 Å². The zero-order valence-corrected chi connectivity index (χ0v) is 11.2. The molecule has 1 heterocycles. The minimum atomic E-state index is 0.108. The minimum Gasteiger partial charge on any atom is -0.396 e. The van der Waals surface area contributed by atoms with Gasteiger partial charge in [-0.1, -0.05) is 34.1 Å². The lowest BCUT2D eigenvalue weighted by Crippen LogP contribution is -2.27. The first kappa shape index (κ1) is 12.6. The third-order valence-corrected chi connectivity index (χ3v) is 3.94. The first-order chi connectivity index (χ1) is 8.20. The van der Waals surface area contributed by atoms with E-state index in [9.17, 15) is 4.79 Å². The zero-order chi connectivity index (χ0) is 12.3. The molecule has 1 aromatic rings. The topological polar surface area (TPSA) is 40.5 Å². The number of amides is 1. The molecule has 0 radical (unpaired) electrons. The Balaban J connectivity index is 1.91. The third kappa shape index (κ3) is 3.07. The van der Waals surface area contributed by atoms with Crippen LogP contribution in [0.1, 0.15) is 12.0 Å². The number of aliphatic hydroxyl groups excluding tert-OH is 1. The van der Waals surface area contributed by atoms with E-state index in [1.807, 2.05) is 23.1 Å². The monoisotopic (exact) mass is 297 g/mol. The van der Waals surface area contributed by atoms with Crippen LogP contribution in [-0.4, -0.2) is 35.6 Å². The highest BCUT2D eigenvalue weighted by molar-refractivity contribution is 9.10. The van der Waals surface area contributed by atoms with Gasteiger partial charge in [-0.05, 0) is 18.1 Å². The third-order valence-electron chi connectivity index (χ3n) is 3.16. The van der Waals surface area contributed by atoms with Gasteiger partial charge in [-0.3, -0.25) is 4.79 Å². The van der Waals surface area contributed by atoms with E-state index in [0.29, 0.717) is 13.0 Å². The van der Waals surface area contributed by atoms with Crippen LogP contribution in [0.25, 0.3) is 0 Å². The molecule has 92 valence electrons. The SMILES string of the molecule is O=C1CC(CO)CN1CCc1ccccc1Br. The van der Waals surface area contributed by atoms with E-state index in [2.05, 4.69) is 22.0 Å². The second-order valence-corrected chi connectivity index (χ2v) is 5.29. The summed E-state index contributed by atoms with van der Waals surface area (Å²) in [4.78, 5) is 13.5. The largest absolute Gasteiger partial charge is 0.396 e. The Morgan fingerprint density at radius 3 is 2.82 bits per heavy atom. The fourth-order valence-electron chi connectivity index (χ4n) is 2.15. The summed E-state index contributed by atoms with van der Waals surface area (Å²) in [6.45, 7) is 1.54. The molecule has 0 spiro atoms. The van der Waals surface area contributed by atoms with Crippen LogP contribution in [0.3, 0.4) is 0 Å². The average molecular weight is 298 g/mol. The number of aliphatic hydroxyl groups is 1. The molecule has 1 amide bonds. The lowest BCUT2D eigenvalue weighted by molar-refractivity contribution is -0.127. The summed E-state index contributed by atoms with van der Waals surface area (Å²) in [5.74, 6) is 0.290. The maximum Gasteiger partial charge on any atom is 0.223 e. The standard InChI is InChI=1S/C13H16BrNO2/c14-12-4-2-1-3-11(12)5-6-15-8-10(9-16)7-13(15)17/h1-4,10,16H,5-9H2. The van der Waals surface area contributed by atoms with Crippen molar-refractivity contribution >= 4 is 21.8 Å². The highest BCUT2D eigenvalue weighted by Crippen LogP contribution is 2.20. The molecule has 3 nitrogen and oxygen atoms in total. The van der Waals surface area contributed by atoms with Gasteiger partial charge in [0.15, 0.2) is 0 Å². The van der Waals surface area contributed by atoms with Gasteiger partial charge >= 0.3 is 0 Å². The summed E-state index contributed by atoms with van der Waals surface area (Å²) in [6, 6.07) is 8.06. The smallest absolute Gasteiger partial charge is 0.223 e. The Labute approximate surface area is 110 Å². The number of carbonyl (C=O) groups is 1. The number of nitrogens with zero attached hydrogens (tertiary/aromatic N) is 1. The fourth-order valence-corrected chi connectivity index (χ4v) is 2.63. The highest BCUT2D eigenvalue weighted by Gasteiger charge is 2.28. The van der Waals surface area contributed by atoms with Crippen molar-refractivity contribution in [2.45, 2.75) is 12.8 Å². The molecular weight excluding hydrogens is 282 g/mol. The van der Waals surface area contributed by atoms with Gasteiger partial charge in [-0.15, -0.1) is 0 Å². The van der Waals surface area contributed by atoms with Crippen molar-refractivity contribution in [3.8, 4) is 0 Å². The van der Waals surface area contributed by atoms with E-state index in [-0.39, 0.29) is 18.4 Å². The van der Waals surface area contributed by atoms with E-state index in [4.69, 9.17) is 5.11 Å². The molecule has 1 N–H and O–H groups in total. The minimum absolute atomic E-state index is 0.108. The quantitative estimate of drug-likeness (QED) is 0.921. The Bertz CT molecular complexity index is 408. The van der Waals surface area contributed by atoms with E-state index >= 15 is 0 Å². The first-order valence-corrected chi connectivity index (χ1v) is 6.62. The maximum absolute atomic E-state index is 11.7. The Hall–Kier alpha value is -0.870. The second kappa shape index (κ2) is 5.65. The summed E-state index contributed by atoms with van der Waals surface area (Å²) < 4.78 is 1.09. The molecule has 0 aliphatic carbocycles. The molecule has 1 fully saturated rings. The van der Waals surface area contributed by atoms with Crippen LogP contribution < -0.4 is 0 Å². The normalized spacial score (nSPS) is 20.0. The molecule has 2 rings (SSSR count). The van der Waals surface area contributed by atoms with Crippen LogP contribution in [0.4, 0.5) is 0 Å². The predicted octanol–water partition coefficient (Wildman–Crippen LogP) is 1.83. The summed E-state index contributed by atoms with van der Waals surface area (Å²) in [6.07, 6.45) is 1.35. The first-order valence-electron chi connectivity index (χ1n) is 5.82. The number of hydrogen-bond donors (Lipinski definition) is 1. The van der Waals surface area contributed by atoms with Gasteiger partial charge in [0.25, 0.3) is 0 Å². The van der Waals surface area contributed by atoms with Crippen molar-refractivity contribution in [3.63, 3.8) is 0 Å². The second-order valence-electron chi connectivity index (χ2n) is 4.43. The molecule has 0 bridgehead atoms. The molecule has 1 unspecified atom stereocenters. The molecule has 1 aliphatic rings. The van der Waals surface area contributed by atoms with Gasteiger partial charge in [0.1, 0.15) is 0 Å². The van der Waals surface area contributed by atoms with E-state index in [1.165, 1.54) is 5.56 Å². The van der Waals surface area contributed by atoms with Crippen LogP contribution in [-0.2, 0) is 11.2 Å². The molecule has 1 aliphatic heterocycles. The van der Waals surface area contributed by atoms with Crippen LogP contribution >= 0.6 is 15.9 Å². The van der Waals surface area contributed by atoms with E-state index in [0.717, 1.165) is 17.4 Å². The number of benzene rings is 1. The predicted molar refractivity (Wildman–Crippen MR) is 69.6 cm³/mol. The van der Waals surface area contributed by atoms with Gasteiger partial charge in [0.2, 0.25) is 5.91 Å². The Morgan fingerprint density at radius 2 is 2.18 bits per heavy atom. The van der Waals surface area contributed by atoms with E-state index in [1.54, 1.807) is 0 Å². The zero-order valence-electron chi connectivity index (χ0n) is 9.60. The highest BCUT2D eigenvalue weighted by atomic mass is 79.9. The summed E-state index contributed by atoms with van der Waals surface area (Å²) in [5.41, 5.74) is 1.22. The molecule has 1 saturated heterocycles. The van der Waals surface area contributed by atoms with Crippen molar-refractivity contribution in [2.75, 3.05) is 19.7 Å².